The third-order valence-corrected chi connectivity index (χ3v) is 1.95. The van der Waals surface area contributed by atoms with Crippen LogP contribution in [-0.4, -0.2) is 12.6 Å². The smallest absolute Gasteiger partial charge is 0.333 e. The monoisotopic (exact) mass is 208 g/mol. The van der Waals surface area contributed by atoms with Crippen LogP contribution < -0.4 is 0 Å². The number of carbonyl (C=O) groups is 1. The number of allylic oxidation sites excluding steroid dienone is 5. The highest BCUT2D eigenvalue weighted by Gasteiger charge is 2.03. The van der Waals surface area contributed by atoms with Crippen molar-refractivity contribution in [3.05, 3.63) is 34.9 Å². The van der Waals surface area contributed by atoms with Crippen LogP contribution in [-0.2, 0) is 9.53 Å². The molecular weight excluding hydrogens is 188 g/mol. The molecule has 0 radical (unpaired) electrons. The molecule has 0 bridgehead atoms. The van der Waals surface area contributed by atoms with Crippen molar-refractivity contribution >= 4 is 5.97 Å². The fourth-order valence-corrected chi connectivity index (χ4v) is 1.13. The van der Waals surface area contributed by atoms with Crippen molar-refractivity contribution in [2.45, 2.75) is 34.6 Å². The van der Waals surface area contributed by atoms with E-state index in [0.717, 1.165) is 5.57 Å². The second kappa shape index (κ2) is 7.04. The molecule has 0 rings (SSSR count). The SMILES string of the molecule is C/C=C(C)/C=C(C)/C=C(\C)C(=O)OCC. The number of hydrogen-bond donors (Lipinski definition) is 0. The van der Waals surface area contributed by atoms with Gasteiger partial charge in [0.2, 0.25) is 0 Å². The molecule has 0 aromatic carbocycles. The molecule has 2 heteroatoms. The van der Waals surface area contributed by atoms with Crippen LogP contribution in [0, 0.1) is 0 Å². The van der Waals surface area contributed by atoms with Crippen LogP contribution in [0.1, 0.15) is 34.6 Å². The van der Waals surface area contributed by atoms with Crippen molar-refractivity contribution < 1.29 is 9.53 Å². The first-order chi connectivity index (χ1) is 7.01. The fourth-order valence-electron chi connectivity index (χ4n) is 1.13. The molecule has 0 aliphatic carbocycles. The molecule has 0 aromatic heterocycles. The van der Waals surface area contributed by atoms with Crippen LogP contribution in [0.3, 0.4) is 0 Å². The van der Waals surface area contributed by atoms with E-state index in [1.165, 1.54) is 5.57 Å². The molecule has 15 heavy (non-hydrogen) atoms. The summed E-state index contributed by atoms with van der Waals surface area (Å²) in [4.78, 5) is 11.3. The van der Waals surface area contributed by atoms with Crippen molar-refractivity contribution in [1.29, 1.82) is 0 Å². The lowest BCUT2D eigenvalue weighted by molar-refractivity contribution is -0.138. The molecule has 0 saturated heterocycles. The summed E-state index contributed by atoms with van der Waals surface area (Å²) < 4.78 is 4.89. The van der Waals surface area contributed by atoms with Gasteiger partial charge in [-0.3, -0.25) is 0 Å². The average Bonchev–Trinajstić information content (AvgIpc) is 2.17. The summed E-state index contributed by atoms with van der Waals surface area (Å²) in [7, 11) is 0. The molecule has 0 amide bonds. The maximum atomic E-state index is 11.3. The lowest BCUT2D eigenvalue weighted by Crippen LogP contribution is -2.05. The Morgan fingerprint density at radius 1 is 1.13 bits per heavy atom. The number of esters is 1. The van der Waals surface area contributed by atoms with Gasteiger partial charge in [0, 0.05) is 5.57 Å². The van der Waals surface area contributed by atoms with Crippen LogP contribution in [0.5, 0.6) is 0 Å². The quantitative estimate of drug-likeness (QED) is 0.402. The predicted molar refractivity (Wildman–Crippen MR) is 63.6 cm³/mol. The lowest BCUT2D eigenvalue weighted by Gasteiger charge is -2.01. The molecule has 0 aliphatic rings. The van der Waals surface area contributed by atoms with Crippen LogP contribution in [0.4, 0.5) is 0 Å². The summed E-state index contributed by atoms with van der Waals surface area (Å²) in [6.07, 6.45) is 5.89. The Hall–Kier alpha value is -1.31. The van der Waals surface area contributed by atoms with Crippen molar-refractivity contribution in [2.24, 2.45) is 0 Å². The maximum absolute atomic E-state index is 11.3. The van der Waals surface area contributed by atoms with Gasteiger partial charge in [-0.25, -0.2) is 4.79 Å². The normalized spacial score (nSPS) is 14.1. The molecule has 0 saturated carbocycles. The Bertz CT molecular complexity index is 306. The first-order valence-corrected chi connectivity index (χ1v) is 5.17. The van der Waals surface area contributed by atoms with Crippen molar-refractivity contribution in [3.8, 4) is 0 Å². The molecule has 0 aromatic rings. The van der Waals surface area contributed by atoms with E-state index in [4.69, 9.17) is 4.74 Å². The van der Waals surface area contributed by atoms with Crippen LogP contribution in [0.25, 0.3) is 0 Å². The summed E-state index contributed by atoms with van der Waals surface area (Å²) in [5.74, 6) is -0.247. The van der Waals surface area contributed by atoms with Crippen LogP contribution in [0.15, 0.2) is 34.9 Å². The van der Waals surface area contributed by atoms with Gasteiger partial charge in [0.15, 0.2) is 0 Å². The molecule has 84 valence electrons. The summed E-state index contributed by atoms with van der Waals surface area (Å²) in [5, 5.41) is 0. The third-order valence-electron chi connectivity index (χ3n) is 1.95. The second-order valence-corrected chi connectivity index (χ2v) is 3.47. The molecule has 0 fully saturated rings. The van der Waals surface area contributed by atoms with Crippen molar-refractivity contribution in [2.75, 3.05) is 6.61 Å². The summed E-state index contributed by atoms with van der Waals surface area (Å²) >= 11 is 0. The highest BCUT2D eigenvalue weighted by molar-refractivity contribution is 5.88. The number of hydrogen-bond acceptors (Lipinski definition) is 2. The lowest BCUT2D eigenvalue weighted by atomic mass is 10.1. The van der Waals surface area contributed by atoms with Gasteiger partial charge >= 0.3 is 5.97 Å². The van der Waals surface area contributed by atoms with E-state index in [1.54, 1.807) is 13.8 Å². The molecule has 0 N–H and O–H groups in total. The van der Waals surface area contributed by atoms with Gasteiger partial charge in [-0.15, -0.1) is 0 Å². The summed E-state index contributed by atoms with van der Waals surface area (Å²) in [6.45, 7) is 9.96. The van der Waals surface area contributed by atoms with E-state index < -0.39 is 0 Å². The van der Waals surface area contributed by atoms with E-state index >= 15 is 0 Å². The zero-order valence-electron chi connectivity index (χ0n) is 10.3. The zero-order chi connectivity index (χ0) is 11.8. The molecule has 0 atom stereocenters. The zero-order valence-corrected chi connectivity index (χ0v) is 10.3. The van der Waals surface area contributed by atoms with Crippen LogP contribution in [0.2, 0.25) is 0 Å². The van der Waals surface area contributed by atoms with Gasteiger partial charge < -0.3 is 4.74 Å². The van der Waals surface area contributed by atoms with Gasteiger partial charge in [-0.1, -0.05) is 23.3 Å². The molecular formula is C13H20O2. The maximum Gasteiger partial charge on any atom is 0.333 e. The van der Waals surface area contributed by atoms with Crippen LogP contribution >= 0.6 is 0 Å². The van der Waals surface area contributed by atoms with E-state index in [0.29, 0.717) is 12.2 Å². The van der Waals surface area contributed by atoms with Gasteiger partial charge in [-0.2, -0.15) is 0 Å². The molecule has 2 nitrogen and oxygen atoms in total. The number of rotatable bonds is 4. The second-order valence-electron chi connectivity index (χ2n) is 3.47. The van der Waals surface area contributed by atoms with E-state index in [1.807, 2.05) is 39.0 Å². The summed E-state index contributed by atoms with van der Waals surface area (Å²) in [5.41, 5.74) is 2.87. The average molecular weight is 208 g/mol. The van der Waals surface area contributed by atoms with Gasteiger partial charge in [-0.05, 0) is 40.7 Å². The third kappa shape index (κ3) is 5.89. The van der Waals surface area contributed by atoms with Gasteiger partial charge in [0.05, 0.1) is 6.61 Å². The molecule has 0 unspecified atom stereocenters. The molecule has 0 spiro atoms. The Kier molecular flexibility index (Phi) is 6.43. The first kappa shape index (κ1) is 13.7. The molecule has 0 heterocycles. The van der Waals surface area contributed by atoms with Crippen molar-refractivity contribution in [1.82, 2.24) is 0 Å². The highest BCUT2D eigenvalue weighted by atomic mass is 16.5. The van der Waals surface area contributed by atoms with Gasteiger partial charge in [0.1, 0.15) is 0 Å². The fraction of sp³-hybridized carbons (Fsp3) is 0.462. The Morgan fingerprint density at radius 3 is 2.20 bits per heavy atom. The topological polar surface area (TPSA) is 26.3 Å². The standard InChI is InChI=1S/C13H20O2/c1-6-10(3)8-11(4)9-12(5)13(14)15-7-2/h6,8-9H,7H2,1-5H3/b10-6+,11-8+,12-9+. The number of ether oxygens (including phenoxy) is 1. The van der Waals surface area contributed by atoms with E-state index in [9.17, 15) is 4.79 Å². The predicted octanol–water partition coefficient (Wildman–Crippen LogP) is 3.41. The Labute approximate surface area is 92.3 Å². The molecule has 0 aliphatic heterocycles. The van der Waals surface area contributed by atoms with E-state index in [2.05, 4.69) is 0 Å². The Balaban J connectivity index is 4.61. The minimum atomic E-state index is -0.247. The first-order valence-electron chi connectivity index (χ1n) is 5.17. The van der Waals surface area contributed by atoms with Crippen molar-refractivity contribution in [3.63, 3.8) is 0 Å². The summed E-state index contributed by atoms with van der Waals surface area (Å²) in [6, 6.07) is 0. The Morgan fingerprint density at radius 2 is 1.73 bits per heavy atom. The minimum Gasteiger partial charge on any atom is -0.463 e. The van der Waals surface area contributed by atoms with Gasteiger partial charge in [0.25, 0.3) is 0 Å². The highest BCUT2D eigenvalue weighted by Crippen LogP contribution is 2.07. The number of carbonyl (C=O) groups excluding carboxylic acids is 1. The van der Waals surface area contributed by atoms with E-state index in [-0.39, 0.29) is 5.97 Å². The largest absolute Gasteiger partial charge is 0.463 e. The minimum absolute atomic E-state index is 0.247.